The maximum atomic E-state index is 13.0. The van der Waals surface area contributed by atoms with Crippen LogP contribution in [0.4, 0.5) is 0 Å². The van der Waals surface area contributed by atoms with Crippen molar-refractivity contribution < 1.29 is 19.1 Å². The van der Waals surface area contributed by atoms with Crippen molar-refractivity contribution in [1.82, 2.24) is 10.6 Å². The number of methoxy groups -OCH3 is 1. The highest BCUT2D eigenvalue weighted by molar-refractivity contribution is 5.97. The molecule has 1 saturated carbocycles. The number of piperidine rings is 1. The van der Waals surface area contributed by atoms with Crippen molar-refractivity contribution in [2.75, 3.05) is 13.7 Å². The van der Waals surface area contributed by atoms with Crippen molar-refractivity contribution >= 4 is 11.8 Å². The smallest absolute Gasteiger partial charge is 0.255 e. The second-order valence-electron chi connectivity index (χ2n) is 8.15. The Bertz CT molecular complexity index is 886. The molecule has 0 spiro atoms. The highest BCUT2D eigenvalue weighted by atomic mass is 16.5. The minimum atomic E-state index is -0.152. The number of rotatable bonds is 6. The normalized spacial score (nSPS) is 25.7. The largest absolute Gasteiger partial charge is 0.457 e. The molecule has 4 rings (SSSR count). The zero-order chi connectivity index (χ0) is 20.9. The lowest BCUT2D eigenvalue weighted by atomic mass is 9.71. The molecule has 4 atom stereocenters. The number of carbonyl (C=O) groups is 2. The van der Waals surface area contributed by atoms with Crippen LogP contribution in [0.25, 0.3) is 0 Å². The Morgan fingerprint density at radius 2 is 1.87 bits per heavy atom. The number of nitrogens with one attached hydrogen (secondary N) is 2. The lowest BCUT2D eigenvalue weighted by Crippen LogP contribution is -2.56. The van der Waals surface area contributed by atoms with Gasteiger partial charge < -0.3 is 20.1 Å². The van der Waals surface area contributed by atoms with E-state index < -0.39 is 0 Å². The van der Waals surface area contributed by atoms with E-state index in [1.807, 2.05) is 42.5 Å². The molecule has 0 radical (unpaired) electrons. The number of ether oxygens (including phenoxy) is 2. The van der Waals surface area contributed by atoms with Gasteiger partial charge in [-0.3, -0.25) is 9.59 Å². The summed E-state index contributed by atoms with van der Waals surface area (Å²) in [4.78, 5) is 25.1. The number of fused-ring (bicyclic) bond motifs is 1. The third-order valence-electron chi connectivity index (χ3n) is 6.12. The van der Waals surface area contributed by atoms with Gasteiger partial charge in [0.05, 0.1) is 5.56 Å². The molecule has 0 aromatic heterocycles. The molecule has 4 unspecified atom stereocenters. The third-order valence-corrected chi connectivity index (χ3v) is 6.12. The monoisotopic (exact) mass is 408 g/mol. The Morgan fingerprint density at radius 1 is 1.10 bits per heavy atom. The second kappa shape index (κ2) is 9.30. The second-order valence-corrected chi connectivity index (χ2v) is 8.15. The number of hydrogen-bond donors (Lipinski definition) is 2. The van der Waals surface area contributed by atoms with Gasteiger partial charge in [-0.1, -0.05) is 30.3 Å². The summed E-state index contributed by atoms with van der Waals surface area (Å²) >= 11 is 0. The van der Waals surface area contributed by atoms with Crippen LogP contribution in [0.2, 0.25) is 0 Å². The van der Waals surface area contributed by atoms with Gasteiger partial charge in [0.1, 0.15) is 11.5 Å². The fourth-order valence-corrected chi connectivity index (χ4v) is 4.73. The fourth-order valence-electron chi connectivity index (χ4n) is 4.73. The van der Waals surface area contributed by atoms with Crippen molar-refractivity contribution in [3.05, 3.63) is 60.2 Å². The molecule has 2 N–H and O–H groups in total. The average Bonchev–Trinajstić information content (AvgIpc) is 2.74. The molecule has 2 fully saturated rings. The molecule has 0 bridgehead atoms. The summed E-state index contributed by atoms with van der Waals surface area (Å²) in [6.07, 6.45) is 3.12. The van der Waals surface area contributed by atoms with Gasteiger partial charge in [0.25, 0.3) is 5.91 Å². The summed E-state index contributed by atoms with van der Waals surface area (Å²) in [5.74, 6) is 1.80. The molecule has 30 heavy (non-hydrogen) atoms. The van der Waals surface area contributed by atoms with Crippen LogP contribution >= 0.6 is 0 Å². The van der Waals surface area contributed by atoms with Gasteiger partial charge in [-0.2, -0.15) is 0 Å². The molecule has 6 nitrogen and oxygen atoms in total. The molecule has 1 aliphatic carbocycles. The standard InChI is InChI=1S/C24H28N2O4/c1-29-15-16-13-23(27)26-21-14-17(11-12-19(16)21)25-24(28)20-9-5-6-10-22(20)30-18-7-3-2-4-8-18/h2-10,16-17,19,21H,11-15H2,1H3,(H,25,28)(H,26,27). The van der Waals surface area contributed by atoms with E-state index in [-0.39, 0.29) is 29.8 Å². The van der Waals surface area contributed by atoms with E-state index in [1.54, 1.807) is 19.2 Å². The number of benzene rings is 2. The van der Waals surface area contributed by atoms with E-state index >= 15 is 0 Å². The van der Waals surface area contributed by atoms with Crippen molar-refractivity contribution in [3.8, 4) is 11.5 Å². The Kier molecular flexibility index (Phi) is 6.33. The fraction of sp³-hybridized carbons (Fsp3) is 0.417. The first-order valence-electron chi connectivity index (χ1n) is 10.5. The first-order valence-corrected chi connectivity index (χ1v) is 10.5. The summed E-state index contributed by atoms with van der Waals surface area (Å²) in [6, 6.07) is 16.8. The zero-order valence-electron chi connectivity index (χ0n) is 17.2. The highest BCUT2D eigenvalue weighted by Gasteiger charge is 2.41. The minimum absolute atomic E-state index is 0.0186. The summed E-state index contributed by atoms with van der Waals surface area (Å²) in [7, 11) is 1.68. The number of carbonyl (C=O) groups excluding carboxylic acids is 2. The number of hydrogen-bond acceptors (Lipinski definition) is 4. The molecule has 2 aliphatic rings. The zero-order valence-corrected chi connectivity index (χ0v) is 17.2. The molecule has 1 saturated heterocycles. The van der Waals surface area contributed by atoms with Gasteiger partial charge in [0.2, 0.25) is 5.91 Å². The first-order chi connectivity index (χ1) is 14.6. The van der Waals surface area contributed by atoms with Crippen molar-refractivity contribution in [2.24, 2.45) is 11.8 Å². The van der Waals surface area contributed by atoms with Crippen LogP contribution in [-0.4, -0.2) is 37.6 Å². The maximum Gasteiger partial charge on any atom is 0.255 e. The van der Waals surface area contributed by atoms with Crippen molar-refractivity contribution in [1.29, 1.82) is 0 Å². The van der Waals surface area contributed by atoms with E-state index in [4.69, 9.17) is 9.47 Å². The molecule has 1 aliphatic heterocycles. The van der Waals surface area contributed by atoms with Crippen molar-refractivity contribution in [2.45, 2.75) is 37.8 Å². The van der Waals surface area contributed by atoms with Crippen molar-refractivity contribution in [3.63, 3.8) is 0 Å². The minimum Gasteiger partial charge on any atom is -0.457 e. The average molecular weight is 408 g/mol. The van der Waals surface area contributed by atoms with Crippen LogP contribution in [0, 0.1) is 11.8 Å². The third kappa shape index (κ3) is 4.65. The Hall–Kier alpha value is -2.86. The highest BCUT2D eigenvalue weighted by Crippen LogP contribution is 2.36. The van der Waals surface area contributed by atoms with Gasteiger partial charge in [0, 0.05) is 32.2 Å². The Labute approximate surface area is 177 Å². The maximum absolute atomic E-state index is 13.0. The summed E-state index contributed by atoms with van der Waals surface area (Å²) in [5.41, 5.74) is 0.508. The van der Waals surface area contributed by atoms with Gasteiger partial charge in [-0.05, 0) is 55.4 Å². The lowest BCUT2D eigenvalue weighted by molar-refractivity contribution is -0.128. The Balaban J connectivity index is 1.42. The number of amides is 2. The van der Waals surface area contributed by atoms with Crippen LogP contribution < -0.4 is 15.4 Å². The molecule has 2 amide bonds. The lowest BCUT2D eigenvalue weighted by Gasteiger charge is -2.43. The van der Waals surface area contributed by atoms with Gasteiger partial charge >= 0.3 is 0 Å². The molecule has 6 heteroatoms. The molecule has 1 heterocycles. The van der Waals surface area contributed by atoms with Crippen LogP contribution in [0.5, 0.6) is 11.5 Å². The molecule has 2 aromatic carbocycles. The van der Waals surface area contributed by atoms with Crippen LogP contribution in [0.15, 0.2) is 54.6 Å². The topological polar surface area (TPSA) is 76.7 Å². The van der Waals surface area contributed by atoms with E-state index in [2.05, 4.69) is 10.6 Å². The predicted molar refractivity (Wildman–Crippen MR) is 113 cm³/mol. The molecular formula is C24H28N2O4. The predicted octanol–water partition coefficient (Wildman–Crippen LogP) is 3.53. The summed E-state index contributed by atoms with van der Waals surface area (Å²) in [5, 5.41) is 6.28. The van der Waals surface area contributed by atoms with E-state index in [0.29, 0.717) is 36.0 Å². The molecular weight excluding hydrogens is 380 g/mol. The van der Waals surface area contributed by atoms with Crippen LogP contribution in [0.3, 0.4) is 0 Å². The van der Waals surface area contributed by atoms with Crippen LogP contribution in [-0.2, 0) is 9.53 Å². The molecule has 158 valence electrons. The van der Waals surface area contributed by atoms with E-state index in [0.717, 1.165) is 19.3 Å². The van der Waals surface area contributed by atoms with Gasteiger partial charge in [-0.25, -0.2) is 0 Å². The summed E-state index contributed by atoms with van der Waals surface area (Å²) in [6.45, 7) is 0.607. The van der Waals surface area contributed by atoms with Crippen LogP contribution in [0.1, 0.15) is 36.0 Å². The van der Waals surface area contributed by atoms with E-state index in [9.17, 15) is 9.59 Å². The van der Waals surface area contributed by atoms with Gasteiger partial charge in [-0.15, -0.1) is 0 Å². The number of para-hydroxylation sites is 2. The Morgan fingerprint density at radius 3 is 2.67 bits per heavy atom. The van der Waals surface area contributed by atoms with Gasteiger partial charge in [0.15, 0.2) is 0 Å². The first kappa shape index (κ1) is 20.4. The SMILES string of the molecule is COCC1CC(=O)NC2CC(NC(=O)c3ccccc3Oc3ccccc3)CCC12. The summed E-state index contributed by atoms with van der Waals surface area (Å²) < 4.78 is 11.3. The quantitative estimate of drug-likeness (QED) is 0.767. The van der Waals surface area contributed by atoms with E-state index in [1.165, 1.54) is 0 Å². The molecule has 2 aromatic rings.